The molecule has 0 atom stereocenters. The molecule has 0 aliphatic carbocycles. The Morgan fingerprint density at radius 2 is 1.04 bits per heavy atom. The number of benzene rings is 3. The molecule has 5 nitrogen and oxygen atoms in total. The number of para-hydroxylation sites is 2. The van der Waals surface area contributed by atoms with Crippen LogP contribution >= 0.6 is 7.82 Å². The van der Waals surface area contributed by atoms with Gasteiger partial charge in [0.15, 0.2) is 0 Å². The van der Waals surface area contributed by atoms with Crippen LogP contribution in [0.25, 0.3) is 0 Å². The summed E-state index contributed by atoms with van der Waals surface area (Å²) in [6.07, 6.45) is 0. The lowest BCUT2D eigenvalue weighted by atomic mass is 10.1. The molecule has 3 aromatic carbocycles. The number of hydrogen-bond donors (Lipinski definition) is 0. The summed E-state index contributed by atoms with van der Waals surface area (Å²) in [5.41, 5.74) is 4.06. The maximum atomic E-state index is 12.3. The highest BCUT2D eigenvalue weighted by Crippen LogP contribution is 2.48. The molecule has 146 valence electrons. The van der Waals surface area contributed by atoms with Crippen LogP contribution in [-0.4, -0.2) is 6.47 Å². The van der Waals surface area contributed by atoms with Crippen molar-refractivity contribution in [2.24, 2.45) is 0 Å². The predicted octanol–water partition coefficient (Wildman–Crippen LogP) is 6.04. The quantitative estimate of drug-likeness (QED) is 0.374. The maximum Gasteiger partial charge on any atom is 0.649 e. The molecule has 0 unspecified atom stereocenters. The van der Waals surface area contributed by atoms with Crippen molar-refractivity contribution >= 4 is 14.3 Å². The van der Waals surface area contributed by atoms with E-state index in [-0.39, 0.29) is 18.0 Å². The van der Waals surface area contributed by atoms with E-state index in [9.17, 15) is 9.36 Å². The van der Waals surface area contributed by atoms with Crippen LogP contribution in [-0.2, 0) is 13.9 Å². The van der Waals surface area contributed by atoms with E-state index in [1.54, 1.807) is 60.7 Å². The number of rotatable bonds is 6. The van der Waals surface area contributed by atoms with Gasteiger partial charge in [0, 0.05) is 0 Å². The van der Waals surface area contributed by atoms with E-state index < -0.39 is 7.82 Å². The molecule has 0 aromatic heterocycles. The second-order valence-electron chi connectivity index (χ2n) is 6.12. The van der Waals surface area contributed by atoms with Crippen LogP contribution in [0.2, 0.25) is 0 Å². The van der Waals surface area contributed by atoms with E-state index in [2.05, 4.69) is 43.5 Å². The molecule has 0 spiro atoms. The molecule has 0 amide bonds. The first-order chi connectivity index (χ1) is 13.4. The van der Waals surface area contributed by atoms with Crippen molar-refractivity contribution in [2.45, 2.75) is 20.8 Å². The van der Waals surface area contributed by atoms with Gasteiger partial charge in [-0.25, -0.2) is 0 Å². The first kappa shape index (κ1) is 21.3. The van der Waals surface area contributed by atoms with Gasteiger partial charge in [-0.2, -0.15) is 4.57 Å². The SMILES string of the molecule is Cc1cc(C)cc(C)c1.O=COP(=O)(Oc1ccccc1)Oc1ccccc1. The average Bonchev–Trinajstić information content (AvgIpc) is 2.62. The van der Waals surface area contributed by atoms with Gasteiger partial charge in [0.2, 0.25) is 0 Å². The number of carbonyl (C=O) groups excluding carboxylic acids is 1. The Balaban J connectivity index is 0.000000261. The number of hydrogen-bond acceptors (Lipinski definition) is 5. The number of aryl methyl sites for hydroxylation is 3. The van der Waals surface area contributed by atoms with E-state index in [4.69, 9.17) is 9.05 Å². The van der Waals surface area contributed by atoms with Crippen molar-refractivity contribution < 1.29 is 22.9 Å². The smallest absolute Gasteiger partial charge is 0.386 e. The molecule has 0 bridgehead atoms. The minimum absolute atomic E-state index is 0.0344. The van der Waals surface area contributed by atoms with Gasteiger partial charge < -0.3 is 13.6 Å². The molecule has 0 radical (unpaired) electrons. The predicted molar refractivity (Wildman–Crippen MR) is 110 cm³/mol. The zero-order valence-corrected chi connectivity index (χ0v) is 17.0. The van der Waals surface area contributed by atoms with Crippen molar-refractivity contribution in [1.29, 1.82) is 0 Å². The van der Waals surface area contributed by atoms with Gasteiger partial charge in [0.05, 0.1) is 0 Å². The van der Waals surface area contributed by atoms with Gasteiger partial charge in [-0.3, -0.25) is 4.79 Å². The number of phosphoric ester groups is 1. The lowest BCUT2D eigenvalue weighted by molar-refractivity contribution is -0.121. The Hall–Kier alpha value is -3.04. The van der Waals surface area contributed by atoms with E-state index in [1.165, 1.54) is 16.7 Å². The zero-order valence-electron chi connectivity index (χ0n) is 16.1. The Morgan fingerprint density at radius 1 is 0.679 bits per heavy atom. The fourth-order valence-corrected chi connectivity index (χ4v) is 3.53. The number of phosphoric acid groups is 1. The lowest BCUT2D eigenvalue weighted by Gasteiger charge is -2.16. The van der Waals surface area contributed by atoms with Crippen molar-refractivity contribution in [3.63, 3.8) is 0 Å². The van der Waals surface area contributed by atoms with Crippen LogP contribution in [0.15, 0.2) is 78.9 Å². The van der Waals surface area contributed by atoms with Crippen LogP contribution in [0, 0.1) is 20.8 Å². The highest BCUT2D eigenvalue weighted by Gasteiger charge is 2.32. The highest BCUT2D eigenvalue weighted by molar-refractivity contribution is 7.49. The molecule has 0 heterocycles. The molecule has 3 aromatic rings. The van der Waals surface area contributed by atoms with Crippen molar-refractivity contribution in [2.75, 3.05) is 0 Å². The Kier molecular flexibility index (Phi) is 7.85. The monoisotopic (exact) mass is 398 g/mol. The van der Waals surface area contributed by atoms with Crippen molar-refractivity contribution in [3.05, 3.63) is 95.6 Å². The topological polar surface area (TPSA) is 61.8 Å². The largest absolute Gasteiger partial charge is 0.649 e. The molecule has 3 rings (SSSR count). The molecular formula is C22H23O5P. The normalized spacial score (nSPS) is 10.2. The molecule has 0 aliphatic heterocycles. The van der Waals surface area contributed by atoms with E-state index in [0.29, 0.717) is 0 Å². The Labute approximate surface area is 165 Å². The summed E-state index contributed by atoms with van der Waals surface area (Å²) in [5.74, 6) is 0.562. The fraction of sp³-hybridized carbons (Fsp3) is 0.136. The second kappa shape index (κ2) is 10.3. The van der Waals surface area contributed by atoms with Crippen LogP contribution in [0.5, 0.6) is 11.5 Å². The third kappa shape index (κ3) is 7.29. The summed E-state index contributed by atoms with van der Waals surface area (Å²) in [7, 11) is -4.03. The zero-order chi connectivity index (χ0) is 20.4. The first-order valence-electron chi connectivity index (χ1n) is 8.66. The van der Waals surface area contributed by atoms with E-state index in [1.807, 2.05) is 0 Å². The number of carbonyl (C=O) groups is 1. The van der Waals surface area contributed by atoms with Crippen LogP contribution < -0.4 is 9.05 Å². The first-order valence-corrected chi connectivity index (χ1v) is 10.1. The summed E-state index contributed by atoms with van der Waals surface area (Å²) >= 11 is 0. The standard InChI is InChI=1S/C13H11O5P.C9H12/c14-11-16-19(15,17-12-7-3-1-4-8-12)18-13-9-5-2-6-10-13;1-7-4-8(2)6-9(3)5-7/h1-11H;4-6H,1-3H3. The Morgan fingerprint density at radius 3 is 1.36 bits per heavy atom. The van der Waals surface area contributed by atoms with Crippen LogP contribution in [0.4, 0.5) is 0 Å². The molecule has 6 heteroatoms. The minimum Gasteiger partial charge on any atom is -0.386 e. The average molecular weight is 398 g/mol. The highest BCUT2D eigenvalue weighted by atomic mass is 31.2. The van der Waals surface area contributed by atoms with Crippen LogP contribution in [0.1, 0.15) is 16.7 Å². The molecule has 0 saturated carbocycles. The third-order valence-corrected chi connectivity index (χ3v) is 4.67. The summed E-state index contributed by atoms with van der Waals surface area (Å²) in [6.45, 7) is 6.41. The summed E-state index contributed by atoms with van der Waals surface area (Å²) in [6, 6.07) is 23.2. The van der Waals surface area contributed by atoms with Gasteiger partial charge in [-0.05, 0) is 45.0 Å². The third-order valence-electron chi connectivity index (χ3n) is 3.46. The molecule has 0 aliphatic rings. The summed E-state index contributed by atoms with van der Waals surface area (Å²) in [4.78, 5) is 10.4. The molecule has 0 N–H and O–H groups in total. The van der Waals surface area contributed by atoms with Crippen LogP contribution in [0.3, 0.4) is 0 Å². The Bertz CT molecular complexity index is 830. The molecule has 0 saturated heterocycles. The van der Waals surface area contributed by atoms with Gasteiger partial charge in [-0.1, -0.05) is 71.3 Å². The van der Waals surface area contributed by atoms with Crippen molar-refractivity contribution in [3.8, 4) is 11.5 Å². The molecule has 0 fully saturated rings. The van der Waals surface area contributed by atoms with Gasteiger partial charge in [0.1, 0.15) is 11.5 Å². The van der Waals surface area contributed by atoms with E-state index >= 15 is 0 Å². The molecular weight excluding hydrogens is 375 g/mol. The minimum atomic E-state index is -4.03. The summed E-state index contributed by atoms with van der Waals surface area (Å²) in [5, 5.41) is 0. The second-order valence-corrected chi connectivity index (χ2v) is 7.59. The van der Waals surface area contributed by atoms with Gasteiger partial charge in [-0.15, -0.1) is 0 Å². The van der Waals surface area contributed by atoms with Crippen molar-refractivity contribution in [1.82, 2.24) is 0 Å². The molecule has 28 heavy (non-hydrogen) atoms. The van der Waals surface area contributed by atoms with Gasteiger partial charge >= 0.3 is 14.3 Å². The summed E-state index contributed by atoms with van der Waals surface area (Å²) < 4.78 is 27.0. The van der Waals surface area contributed by atoms with Gasteiger partial charge in [0.25, 0.3) is 0 Å². The fourth-order valence-electron chi connectivity index (χ4n) is 2.54. The lowest BCUT2D eigenvalue weighted by Crippen LogP contribution is -2.04. The maximum absolute atomic E-state index is 12.3. The van der Waals surface area contributed by atoms with E-state index in [0.717, 1.165) is 0 Å².